The minimum atomic E-state index is 0.138. The van der Waals surface area contributed by atoms with Crippen molar-refractivity contribution < 1.29 is 0 Å². The lowest BCUT2D eigenvalue weighted by Gasteiger charge is -1.97. The van der Waals surface area contributed by atoms with Gasteiger partial charge in [0.05, 0.1) is 11.5 Å². The van der Waals surface area contributed by atoms with Crippen LogP contribution in [0, 0.1) is 10.8 Å². The Labute approximate surface area is 69.7 Å². The van der Waals surface area contributed by atoms with Crippen LogP contribution in [0.5, 0.6) is 0 Å². The van der Waals surface area contributed by atoms with E-state index < -0.39 is 0 Å². The van der Waals surface area contributed by atoms with E-state index in [1.165, 1.54) is 11.8 Å². The molecule has 10 heavy (non-hydrogen) atoms. The zero-order chi connectivity index (χ0) is 7.98. The quantitative estimate of drug-likeness (QED) is 0.260. The summed E-state index contributed by atoms with van der Waals surface area (Å²) in [6, 6.07) is 0. The van der Waals surface area contributed by atoms with Crippen LogP contribution in [0.1, 0.15) is 6.42 Å². The number of hydrogen-bond donors (Lipinski definition) is 3. The molecule has 2 N–H and O–H groups in total. The van der Waals surface area contributed by atoms with Gasteiger partial charge in [0.15, 0.2) is 0 Å². The number of nitrogens with one attached hydrogen (secondary N) is 2. The summed E-state index contributed by atoms with van der Waals surface area (Å²) in [5, 5.41) is 15.2. The highest BCUT2D eigenvalue weighted by Gasteiger charge is 1.98. The molecule has 0 saturated heterocycles. The van der Waals surface area contributed by atoms with Gasteiger partial charge < -0.3 is 0 Å². The van der Waals surface area contributed by atoms with Gasteiger partial charge in [-0.3, -0.25) is 10.8 Å². The first-order valence-corrected chi connectivity index (χ1v) is 4.17. The third-order valence-corrected chi connectivity index (χ3v) is 1.77. The van der Waals surface area contributed by atoms with Crippen LogP contribution in [0.4, 0.5) is 0 Å². The van der Waals surface area contributed by atoms with E-state index in [1.807, 2.05) is 0 Å². The maximum absolute atomic E-state index is 7.21. The number of amidine groups is 1. The molecule has 0 aliphatic carbocycles. The minimum absolute atomic E-state index is 0.138. The molecule has 0 fully saturated rings. The fraction of sp³-hybridized carbons (Fsp3) is 0.400. The molecule has 0 spiro atoms. The summed E-state index contributed by atoms with van der Waals surface area (Å²) >= 11 is 5.21. The van der Waals surface area contributed by atoms with Crippen molar-refractivity contribution in [3.05, 3.63) is 0 Å². The highest BCUT2D eigenvalue weighted by atomic mass is 32.2. The lowest BCUT2D eigenvalue weighted by Crippen LogP contribution is -1.98. The summed E-state index contributed by atoms with van der Waals surface area (Å²) in [6.45, 7) is 3.17. The Morgan fingerprint density at radius 2 is 2.20 bits per heavy atom. The molecule has 0 aromatic heterocycles. The topological polar surface area (TPSA) is 60.1 Å². The van der Waals surface area contributed by atoms with Crippen molar-refractivity contribution in [1.82, 2.24) is 0 Å². The largest absolute Gasteiger partial charge is 0.298 e. The molecule has 3 nitrogen and oxygen atoms in total. The van der Waals surface area contributed by atoms with Crippen LogP contribution in [-0.2, 0) is 0 Å². The van der Waals surface area contributed by atoms with Gasteiger partial charge in [0, 0.05) is 5.08 Å². The van der Waals surface area contributed by atoms with E-state index in [1.54, 1.807) is 0 Å². The van der Waals surface area contributed by atoms with E-state index in [9.17, 15) is 0 Å². The first-order chi connectivity index (χ1) is 4.70. The number of thioether (sulfide) groups is 1. The zero-order valence-electron chi connectivity index (χ0n) is 5.42. The molecular formula is C5H9N3S2. The molecule has 0 amide bonds. The lowest BCUT2D eigenvalue weighted by atomic mass is 10.4. The van der Waals surface area contributed by atoms with Gasteiger partial charge in [-0.25, -0.2) is 4.99 Å². The molecule has 0 aromatic carbocycles. The molecule has 0 radical (unpaired) electrons. The molecule has 5 heteroatoms. The van der Waals surface area contributed by atoms with Gasteiger partial charge in [-0.15, -0.1) is 11.8 Å². The normalized spacial score (nSPS) is 8.90. The Hall–Kier alpha value is -0.290. The Morgan fingerprint density at radius 3 is 2.60 bits per heavy atom. The monoisotopic (exact) mass is 175 g/mol. The van der Waals surface area contributed by atoms with Crippen LogP contribution in [0.25, 0.3) is 0 Å². The fourth-order valence-corrected chi connectivity index (χ4v) is 1.20. The third-order valence-electron chi connectivity index (χ3n) is 0.758. The van der Waals surface area contributed by atoms with Crippen LogP contribution >= 0.6 is 24.4 Å². The molecule has 0 saturated carbocycles. The molecular weight excluding hydrogens is 166 g/mol. The molecule has 0 unspecified atom stereocenters. The maximum Gasteiger partial charge on any atom is 0.126 e. The molecule has 0 atom stereocenters. The minimum Gasteiger partial charge on any atom is -0.298 e. The van der Waals surface area contributed by atoms with E-state index in [0.29, 0.717) is 10.1 Å². The maximum atomic E-state index is 7.21. The van der Waals surface area contributed by atoms with E-state index >= 15 is 0 Å². The first-order valence-electron chi connectivity index (χ1n) is 2.56. The van der Waals surface area contributed by atoms with Crippen molar-refractivity contribution in [3.63, 3.8) is 0 Å². The average molecular weight is 175 g/mol. The fourth-order valence-electron chi connectivity index (χ4n) is 0.337. The first kappa shape index (κ1) is 9.71. The second kappa shape index (κ2) is 5.49. The smallest absolute Gasteiger partial charge is 0.126 e. The summed E-state index contributed by atoms with van der Waals surface area (Å²) in [4.78, 5) is 3.36. The lowest BCUT2D eigenvalue weighted by molar-refractivity contribution is 1.35. The van der Waals surface area contributed by atoms with Crippen LogP contribution in [-0.4, -0.2) is 22.7 Å². The molecule has 0 bridgehead atoms. The molecule has 0 rings (SSSR count). The van der Waals surface area contributed by atoms with Crippen LogP contribution in [0.3, 0.4) is 0 Å². The standard InChI is InChI=1S/C5H9N3S2/c1-8-4(6)2-5(7)10-3-9/h6-7,9H,1-3H2. The molecule has 0 aromatic rings. The second-order valence-corrected chi connectivity index (χ2v) is 3.29. The van der Waals surface area contributed by atoms with Crippen molar-refractivity contribution in [3.8, 4) is 0 Å². The summed E-state index contributed by atoms with van der Waals surface area (Å²) in [5.74, 6) is 0.138. The van der Waals surface area contributed by atoms with Gasteiger partial charge in [0.1, 0.15) is 5.84 Å². The van der Waals surface area contributed by atoms with Crippen molar-refractivity contribution >= 4 is 42.0 Å². The summed E-state index contributed by atoms with van der Waals surface area (Å²) in [6.07, 6.45) is 0.273. The Morgan fingerprint density at radius 1 is 1.60 bits per heavy atom. The van der Waals surface area contributed by atoms with Gasteiger partial charge in [-0.2, -0.15) is 12.6 Å². The van der Waals surface area contributed by atoms with Crippen molar-refractivity contribution in [2.75, 3.05) is 5.08 Å². The van der Waals surface area contributed by atoms with Gasteiger partial charge >= 0.3 is 0 Å². The molecule has 56 valence electrons. The number of hydrogen-bond acceptors (Lipinski definition) is 4. The molecule has 0 heterocycles. The van der Waals surface area contributed by atoms with E-state index in [0.717, 1.165) is 0 Å². The highest BCUT2D eigenvalue weighted by molar-refractivity contribution is 8.20. The number of rotatable bonds is 3. The predicted molar refractivity (Wildman–Crippen MR) is 51.1 cm³/mol. The van der Waals surface area contributed by atoms with Crippen LogP contribution in [0.2, 0.25) is 0 Å². The van der Waals surface area contributed by atoms with Gasteiger partial charge in [0.25, 0.3) is 0 Å². The Kier molecular flexibility index (Phi) is 5.33. The SMILES string of the molecule is C=NC(=N)CC(=N)SCS. The Bertz CT molecular complexity index is 155. The van der Waals surface area contributed by atoms with Crippen molar-refractivity contribution in [1.29, 1.82) is 10.8 Å². The average Bonchev–Trinajstić information content (AvgIpc) is 1.88. The molecule has 0 aliphatic rings. The molecule has 0 aliphatic heterocycles. The summed E-state index contributed by atoms with van der Waals surface area (Å²) in [5.41, 5.74) is 0. The van der Waals surface area contributed by atoms with Gasteiger partial charge in [0.2, 0.25) is 0 Å². The third kappa shape index (κ3) is 4.58. The van der Waals surface area contributed by atoms with Crippen LogP contribution < -0.4 is 0 Å². The van der Waals surface area contributed by atoms with E-state index in [2.05, 4.69) is 24.3 Å². The van der Waals surface area contributed by atoms with Gasteiger partial charge in [-0.05, 0) is 6.72 Å². The number of nitrogens with zero attached hydrogens (tertiary/aromatic N) is 1. The van der Waals surface area contributed by atoms with Crippen LogP contribution in [0.15, 0.2) is 4.99 Å². The van der Waals surface area contributed by atoms with Crippen molar-refractivity contribution in [2.24, 2.45) is 4.99 Å². The van der Waals surface area contributed by atoms with E-state index in [-0.39, 0.29) is 12.3 Å². The predicted octanol–water partition coefficient (Wildman–Crippen LogP) is 1.65. The summed E-state index contributed by atoms with van der Waals surface area (Å²) < 4.78 is 0. The van der Waals surface area contributed by atoms with E-state index in [4.69, 9.17) is 10.8 Å². The second-order valence-electron chi connectivity index (χ2n) is 1.48. The number of thiol groups is 1. The summed E-state index contributed by atoms with van der Waals surface area (Å²) in [7, 11) is 0. The zero-order valence-corrected chi connectivity index (χ0v) is 7.13. The van der Waals surface area contributed by atoms with Crippen molar-refractivity contribution in [2.45, 2.75) is 6.42 Å². The Balaban J connectivity index is 3.57. The number of aliphatic imine (C=N–C) groups is 1. The highest BCUT2D eigenvalue weighted by Crippen LogP contribution is 2.07. The van der Waals surface area contributed by atoms with Gasteiger partial charge in [-0.1, -0.05) is 0 Å².